The molecule has 0 atom stereocenters. The van der Waals surface area contributed by atoms with Crippen molar-refractivity contribution >= 4 is 0 Å². The fourth-order valence-electron chi connectivity index (χ4n) is 0.311. The average Bonchev–Trinajstić information content (AvgIpc) is 1.63. The zero-order valence-electron chi connectivity index (χ0n) is 6.06. The van der Waals surface area contributed by atoms with Gasteiger partial charge in [0.05, 0.1) is 0 Å². The second-order valence-electron chi connectivity index (χ2n) is 1.97. The molecule has 0 N–H and O–H groups in total. The molecule has 0 aromatic heterocycles. The van der Waals surface area contributed by atoms with E-state index in [1.807, 2.05) is 0 Å². The van der Waals surface area contributed by atoms with Crippen LogP contribution in [0, 0.1) is 12.7 Å². The minimum Gasteiger partial charge on any atom is -0.0846 e. The van der Waals surface area contributed by atoms with E-state index in [0.717, 1.165) is 12.8 Å². The van der Waals surface area contributed by atoms with Gasteiger partial charge in [-0.25, -0.2) is 0 Å². The molecule has 0 unspecified atom stereocenters. The summed E-state index contributed by atoms with van der Waals surface area (Å²) in [6.07, 6.45) is 11.4. The van der Waals surface area contributed by atoms with Crippen LogP contribution in [0.2, 0.25) is 0 Å². The fourth-order valence-corrected chi connectivity index (χ4v) is 0.311. The van der Waals surface area contributed by atoms with E-state index in [2.05, 4.69) is 19.1 Å². The van der Waals surface area contributed by atoms with Crippen molar-refractivity contribution in [3.8, 4) is 0 Å². The molecule has 0 fully saturated rings. The Labute approximate surface area is 58.3 Å². The van der Waals surface area contributed by atoms with Crippen molar-refractivity contribution in [2.24, 2.45) is 0 Å². The summed E-state index contributed by atoms with van der Waals surface area (Å²) < 4.78 is 0. The maximum Gasteiger partial charge on any atom is -0.0244 e. The highest BCUT2D eigenvalue weighted by Crippen LogP contribution is 2.00. The molecule has 1 aliphatic rings. The van der Waals surface area contributed by atoms with Crippen molar-refractivity contribution in [1.29, 1.82) is 0 Å². The molecule has 1 aliphatic carbocycles. The van der Waals surface area contributed by atoms with E-state index in [4.69, 9.17) is 6.58 Å². The van der Waals surface area contributed by atoms with Gasteiger partial charge in [0.1, 0.15) is 0 Å². The number of rotatable bonds is 2. The van der Waals surface area contributed by atoms with Crippen molar-refractivity contribution in [2.75, 3.05) is 0 Å². The van der Waals surface area contributed by atoms with Gasteiger partial charge in [0.15, 0.2) is 0 Å². The fraction of sp³-hybridized carbons (Fsp3) is 0.556. The summed E-state index contributed by atoms with van der Waals surface area (Å²) in [7, 11) is 0. The standard InChI is InChI=1S/C5H9.C4H5/c1-3-5-4-2;1-2-4-3-1/h1,3H,4-5H2,2H3;1H,2,4H2. The Hall–Kier alpha value is -0.520. The molecule has 0 aliphatic heterocycles. The van der Waals surface area contributed by atoms with Crippen LogP contribution in [0.25, 0.3) is 0 Å². The van der Waals surface area contributed by atoms with Gasteiger partial charge in [-0.15, -0.1) is 0 Å². The van der Waals surface area contributed by atoms with E-state index in [1.54, 1.807) is 6.08 Å². The smallest absolute Gasteiger partial charge is 0.0244 e. The topological polar surface area (TPSA) is 0 Å². The number of unbranched alkanes of at least 4 members (excludes halogenated alkanes) is 1. The van der Waals surface area contributed by atoms with Gasteiger partial charge in [-0.1, -0.05) is 32.1 Å². The molecule has 0 nitrogen and oxygen atoms in total. The summed E-state index contributed by atoms with van der Waals surface area (Å²) in [4.78, 5) is 0. The summed E-state index contributed by atoms with van der Waals surface area (Å²) in [6, 6.07) is 0. The van der Waals surface area contributed by atoms with E-state index in [1.165, 1.54) is 12.8 Å². The molecular weight excluding hydrogens is 108 g/mol. The van der Waals surface area contributed by atoms with Gasteiger partial charge in [0.25, 0.3) is 0 Å². The lowest BCUT2D eigenvalue weighted by atomic mass is 10.1. The predicted molar refractivity (Wildman–Crippen MR) is 40.8 cm³/mol. The lowest BCUT2D eigenvalue weighted by Gasteiger charge is -1.91. The summed E-state index contributed by atoms with van der Waals surface area (Å²) in [5.41, 5.74) is 0. The molecule has 0 bridgehead atoms. The predicted octanol–water partition coefficient (Wildman–Crippen LogP) is 2.92. The first-order chi connectivity index (χ1) is 4.41. The maximum atomic E-state index is 5.01. The minimum atomic E-state index is 1.04. The zero-order valence-corrected chi connectivity index (χ0v) is 6.06. The van der Waals surface area contributed by atoms with Gasteiger partial charge in [0, 0.05) is 0 Å². The summed E-state index contributed by atoms with van der Waals surface area (Å²) >= 11 is 0. The second-order valence-corrected chi connectivity index (χ2v) is 1.97. The number of hydrogen-bond acceptors (Lipinski definition) is 0. The molecule has 0 amide bonds. The normalized spacial score (nSPS) is 13.0. The van der Waals surface area contributed by atoms with Gasteiger partial charge >= 0.3 is 0 Å². The highest BCUT2D eigenvalue weighted by atomic mass is 13.9. The third-order valence-electron chi connectivity index (χ3n) is 1.03. The monoisotopic (exact) mass is 122 g/mol. The van der Waals surface area contributed by atoms with Gasteiger partial charge in [-0.2, -0.15) is 0 Å². The van der Waals surface area contributed by atoms with E-state index in [-0.39, 0.29) is 0 Å². The van der Waals surface area contributed by atoms with Crippen LogP contribution in [0.15, 0.2) is 12.2 Å². The Balaban J connectivity index is 0.000000144. The Kier molecular flexibility index (Phi) is 7.05. The molecule has 0 heterocycles. The van der Waals surface area contributed by atoms with Crippen LogP contribution in [0.3, 0.4) is 0 Å². The van der Waals surface area contributed by atoms with Gasteiger partial charge in [-0.3, -0.25) is 0 Å². The molecular formula is C9H14. The first kappa shape index (κ1) is 8.48. The first-order valence-corrected chi connectivity index (χ1v) is 3.50. The van der Waals surface area contributed by atoms with Crippen molar-refractivity contribution in [3.05, 3.63) is 24.8 Å². The van der Waals surface area contributed by atoms with Crippen LogP contribution in [0.4, 0.5) is 0 Å². The third kappa shape index (κ3) is 7.48. The van der Waals surface area contributed by atoms with Crippen molar-refractivity contribution < 1.29 is 0 Å². The SMILES string of the molecule is [CH]=CCCC.[C]1=CCC1. The Bertz CT molecular complexity index is 74.0. The van der Waals surface area contributed by atoms with Crippen molar-refractivity contribution in [2.45, 2.75) is 32.6 Å². The molecule has 50 valence electrons. The zero-order chi connectivity index (χ0) is 6.95. The van der Waals surface area contributed by atoms with E-state index in [9.17, 15) is 0 Å². The molecule has 0 aromatic rings. The first-order valence-electron chi connectivity index (χ1n) is 3.50. The average molecular weight is 122 g/mol. The second kappa shape index (κ2) is 7.48. The summed E-state index contributed by atoms with van der Waals surface area (Å²) in [6.45, 7) is 7.11. The quantitative estimate of drug-likeness (QED) is 0.528. The highest BCUT2D eigenvalue weighted by Gasteiger charge is 1.82. The van der Waals surface area contributed by atoms with Crippen molar-refractivity contribution in [3.63, 3.8) is 0 Å². The molecule has 0 spiro atoms. The van der Waals surface area contributed by atoms with Crippen LogP contribution in [0.5, 0.6) is 0 Å². The minimum absolute atomic E-state index is 1.04. The number of hydrogen-bond donors (Lipinski definition) is 0. The number of allylic oxidation sites excluding steroid dienone is 3. The lowest BCUT2D eigenvalue weighted by molar-refractivity contribution is 0.928. The highest BCUT2D eigenvalue weighted by molar-refractivity contribution is 4.84. The van der Waals surface area contributed by atoms with Gasteiger partial charge in [-0.05, 0) is 25.3 Å². The van der Waals surface area contributed by atoms with Crippen molar-refractivity contribution in [1.82, 2.24) is 0 Å². The molecule has 0 aromatic carbocycles. The molecule has 0 heteroatoms. The lowest BCUT2D eigenvalue weighted by Crippen LogP contribution is -1.73. The summed E-state index contributed by atoms with van der Waals surface area (Å²) in [5.74, 6) is 0. The van der Waals surface area contributed by atoms with Crippen LogP contribution < -0.4 is 0 Å². The van der Waals surface area contributed by atoms with E-state index < -0.39 is 0 Å². The third-order valence-corrected chi connectivity index (χ3v) is 1.03. The van der Waals surface area contributed by atoms with Gasteiger partial charge < -0.3 is 0 Å². The Morgan fingerprint density at radius 3 is 2.22 bits per heavy atom. The molecule has 9 heavy (non-hydrogen) atoms. The van der Waals surface area contributed by atoms with E-state index >= 15 is 0 Å². The van der Waals surface area contributed by atoms with Crippen LogP contribution in [-0.4, -0.2) is 0 Å². The van der Waals surface area contributed by atoms with E-state index in [0.29, 0.717) is 0 Å². The molecule has 0 saturated heterocycles. The molecule has 1 rings (SSSR count). The molecule has 2 radical (unpaired) electrons. The molecule has 0 saturated carbocycles. The van der Waals surface area contributed by atoms with Crippen LogP contribution >= 0.6 is 0 Å². The summed E-state index contributed by atoms with van der Waals surface area (Å²) in [5, 5.41) is 0. The maximum absolute atomic E-state index is 5.01. The largest absolute Gasteiger partial charge is 0.0846 e. The Morgan fingerprint density at radius 2 is 2.22 bits per heavy atom. The van der Waals surface area contributed by atoms with Gasteiger partial charge in [0.2, 0.25) is 0 Å². The van der Waals surface area contributed by atoms with Crippen LogP contribution in [0.1, 0.15) is 32.6 Å². The Morgan fingerprint density at radius 1 is 1.78 bits per heavy atom. The van der Waals surface area contributed by atoms with Crippen LogP contribution in [-0.2, 0) is 0 Å².